The Morgan fingerprint density at radius 3 is 2.56 bits per heavy atom. The van der Waals surface area contributed by atoms with Crippen LogP contribution < -0.4 is 0 Å². The molecule has 0 aromatic rings. The van der Waals surface area contributed by atoms with Gasteiger partial charge in [-0.2, -0.15) is 0 Å². The number of hydrogen-bond acceptors (Lipinski definition) is 1. The Kier molecular flexibility index (Phi) is 2.13. The van der Waals surface area contributed by atoms with Crippen molar-refractivity contribution in [2.75, 3.05) is 14.1 Å². The molecule has 0 fully saturated rings. The Labute approximate surface area is 58.5 Å². The lowest BCUT2D eigenvalue weighted by atomic mass is 10.0. The summed E-state index contributed by atoms with van der Waals surface area (Å²) >= 11 is 0. The van der Waals surface area contributed by atoms with Crippen molar-refractivity contribution in [3.8, 4) is 11.8 Å². The first-order valence-electron chi connectivity index (χ1n) is 3.43. The predicted octanol–water partition coefficient (Wildman–Crippen LogP) is 1.35. The van der Waals surface area contributed by atoms with Gasteiger partial charge >= 0.3 is 0 Å². The summed E-state index contributed by atoms with van der Waals surface area (Å²) in [7, 11) is 4.25. The third-order valence-corrected chi connectivity index (χ3v) is 1.80. The lowest BCUT2D eigenvalue weighted by Gasteiger charge is -2.22. The molecule has 1 atom stereocenters. The van der Waals surface area contributed by atoms with Crippen LogP contribution in [0.25, 0.3) is 0 Å². The van der Waals surface area contributed by atoms with Crippen LogP contribution in [0.4, 0.5) is 0 Å². The van der Waals surface area contributed by atoms with E-state index < -0.39 is 0 Å². The van der Waals surface area contributed by atoms with Crippen LogP contribution >= 0.6 is 0 Å². The quantitative estimate of drug-likeness (QED) is 0.478. The second kappa shape index (κ2) is 2.89. The average Bonchev–Trinajstić information content (AvgIpc) is 1.90. The molecule has 1 nitrogen and oxygen atoms in total. The summed E-state index contributed by atoms with van der Waals surface area (Å²) in [5.74, 6) is 6.22. The third-order valence-electron chi connectivity index (χ3n) is 1.80. The lowest BCUT2D eigenvalue weighted by molar-refractivity contribution is 0.281. The molecule has 0 aromatic carbocycles. The molecule has 9 heavy (non-hydrogen) atoms. The number of rotatable bonds is 1. The smallest absolute Gasteiger partial charge is 0.0245 e. The molecule has 0 saturated carbocycles. The van der Waals surface area contributed by atoms with Crippen molar-refractivity contribution in [2.45, 2.75) is 25.3 Å². The molecular weight excluding hydrogens is 110 g/mol. The molecule has 0 N–H and O–H groups in total. The summed E-state index contributed by atoms with van der Waals surface area (Å²) in [4.78, 5) is 2.26. The maximum absolute atomic E-state index is 3.12. The predicted molar refractivity (Wildman–Crippen MR) is 41.2 cm³/mol. The maximum Gasteiger partial charge on any atom is 0.0245 e. The summed E-state index contributed by atoms with van der Waals surface area (Å²) in [6, 6.07) is 0.714. The lowest BCUT2D eigenvalue weighted by Crippen LogP contribution is -2.28. The van der Waals surface area contributed by atoms with Gasteiger partial charge in [0.2, 0.25) is 0 Å². The molecule has 0 heterocycles. The summed E-state index contributed by atoms with van der Waals surface area (Å²) in [5, 5.41) is 0. The van der Waals surface area contributed by atoms with E-state index >= 15 is 0 Å². The van der Waals surface area contributed by atoms with Crippen LogP contribution in [0.5, 0.6) is 0 Å². The van der Waals surface area contributed by atoms with Gasteiger partial charge in [0.05, 0.1) is 0 Å². The van der Waals surface area contributed by atoms with Crippen LogP contribution in [0.1, 0.15) is 20.7 Å². The van der Waals surface area contributed by atoms with Crippen molar-refractivity contribution in [1.29, 1.82) is 0 Å². The Balaban J connectivity index is 0.000000810. The Bertz CT molecular complexity index is 143. The Morgan fingerprint density at radius 2 is 2.22 bits per heavy atom. The van der Waals surface area contributed by atoms with Gasteiger partial charge in [-0.15, -0.1) is 11.8 Å². The summed E-state index contributed by atoms with van der Waals surface area (Å²) in [6.07, 6.45) is 3.40. The normalized spacial score (nSPS) is 25.4. The third kappa shape index (κ3) is 1.73. The molecule has 0 aliphatic heterocycles. The molecule has 0 amide bonds. The van der Waals surface area contributed by atoms with Crippen LogP contribution in [0.2, 0.25) is 0 Å². The summed E-state index contributed by atoms with van der Waals surface area (Å²) in [5.41, 5.74) is 0. The van der Waals surface area contributed by atoms with Gasteiger partial charge in [-0.25, -0.2) is 0 Å². The maximum atomic E-state index is 3.12. The number of hydrogen-bond donors (Lipinski definition) is 0. The van der Waals surface area contributed by atoms with Crippen LogP contribution in [-0.2, 0) is 0 Å². The zero-order valence-electron chi connectivity index (χ0n) is 6.15. The molecule has 52 valence electrons. The van der Waals surface area contributed by atoms with E-state index in [1.165, 1.54) is 6.42 Å². The first-order valence-corrected chi connectivity index (χ1v) is 3.43. The molecule has 1 rings (SSSR count). The van der Waals surface area contributed by atoms with E-state index in [1.807, 2.05) is 0 Å². The first kappa shape index (κ1) is 6.64. The minimum atomic E-state index is 0. The van der Waals surface area contributed by atoms with Crippen molar-refractivity contribution in [1.82, 2.24) is 4.90 Å². The second-order valence-corrected chi connectivity index (χ2v) is 2.71. The monoisotopic (exact) mass is 125 g/mol. The van der Waals surface area contributed by atoms with Gasteiger partial charge in [-0.1, -0.05) is 0 Å². The zero-order valence-corrected chi connectivity index (χ0v) is 6.15. The number of nitrogens with zero attached hydrogens (tertiary/aromatic N) is 1. The molecule has 1 unspecified atom stereocenters. The first-order chi connectivity index (χ1) is 4.30. The highest BCUT2D eigenvalue weighted by atomic mass is 15.1. The van der Waals surface area contributed by atoms with E-state index in [2.05, 4.69) is 30.8 Å². The van der Waals surface area contributed by atoms with E-state index in [9.17, 15) is 0 Å². The SMILES string of the molecule is CN(C)C1CC#CCC1.[HH]. The summed E-state index contributed by atoms with van der Waals surface area (Å²) in [6.45, 7) is 0. The molecule has 0 bridgehead atoms. The molecule has 0 saturated heterocycles. The molecule has 0 spiro atoms. The standard InChI is InChI=1S/C8H13N.H2/c1-9(2)8-6-4-3-5-7-8;/h8H,4,6-7H2,1-2H3;1H. The van der Waals surface area contributed by atoms with Gasteiger partial charge in [-0.05, 0) is 20.5 Å². The molecule has 1 aliphatic carbocycles. The largest absolute Gasteiger partial charge is 0.305 e. The van der Waals surface area contributed by atoms with Crippen molar-refractivity contribution in [2.24, 2.45) is 0 Å². The Hall–Kier alpha value is -0.480. The van der Waals surface area contributed by atoms with Crippen LogP contribution in [0, 0.1) is 11.8 Å². The van der Waals surface area contributed by atoms with Crippen LogP contribution in [0.15, 0.2) is 0 Å². The van der Waals surface area contributed by atoms with E-state index in [-0.39, 0.29) is 1.43 Å². The second-order valence-electron chi connectivity index (χ2n) is 2.71. The highest BCUT2D eigenvalue weighted by molar-refractivity contribution is 5.06. The van der Waals surface area contributed by atoms with Gasteiger partial charge in [0.25, 0.3) is 0 Å². The zero-order chi connectivity index (χ0) is 6.69. The van der Waals surface area contributed by atoms with Gasteiger partial charge in [0.1, 0.15) is 0 Å². The molecule has 0 aromatic heterocycles. The van der Waals surface area contributed by atoms with E-state index in [4.69, 9.17) is 0 Å². The van der Waals surface area contributed by atoms with Crippen molar-refractivity contribution in [3.05, 3.63) is 0 Å². The summed E-state index contributed by atoms with van der Waals surface area (Å²) < 4.78 is 0. The molecule has 1 heteroatoms. The minimum absolute atomic E-state index is 0. The van der Waals surface area contributed by atoms with Crippen molar-refractivity contribution < 1.29 is 1.43 Å². The topological polar surface area (TPSA) is 3.24 Å². The van der Waals surface area contributed by atoms with Crippen molar-refractivity contribution in [3.63, 3.8) is 0 Å². The van der Waals surface area contributed by atoms with E-state index in [0.29, 0.717) is 6.04 Å². The van der Waals surface area contributed by atoms with Gasteiger partial charge < -0.3 is 4.90 Å². The van der Waals surface area contributed by atoms with Crippen LogP contribution in [0.3, 0.4) is 0 Å². The molecule has 1 aliphatic rings. The Morgan fingerprint density at radius 1 is 1.44 bits per heavy atom. The van der Waals surface area contributed by atoms with Gasteiger partial charge in [0, 0.05) is 20.3 Å². The molecular formula is C8H15N. The average molecular weight is 125 g/mol. The minimum Gasteiger partial charge on any atom is -0.305 e. The van der Waals surface area contributed by atoms with E-state index in [0.717, 1.165) is 12.8 Å². The fraction of sp³-hybridized carbons (Fsp3) is 0.750. The highest BCUT2D eigenvalue weighted by Gasteiger charge is 2.10. The van der Waals surface area contributed by atoms with Gasteiger partial charge in [-0.3, -0.25) is 0 Å². The van der Waals surface area contributed by atoms with Crippen LogP contribution in [-0.4, -0.2) is 25.0 Å². The molecule has 0 radical (unpaired) electrons. The fourth-order valence-electron chi connectivity index (χ4n) is 1.06. The van der Waals surface area contributed by atoms with E-state index in [1.54, 1.807) is 0 Å². The van der Waals surface area contributed by atoms with Gasteiger partial charge in [0.15, 0.2) is 0 Å². The highest BCUT2D eigenvalue weighted by Crippen LogP contribution is 2.09. The fourth-order valence-corrected chi connectivity index (χ4v) is 1.06. The van der Waals surface area contributed by atoms with Crippen molar-refractivity contribution >= 4 is 0 Å².